The minimum atomic E-state index is -0.380. The van der Waals surface area contributed by atoms with Crippen molar-refractivity contribution >= 4 is 27.2 Å². The van der Waals surface area contributed by atoms with Crippen LogP contribution in [0.25, 0.3) is 21.5 Å². The maximum absolute atomic E-state index is 11.1. The van der Waals surface area contributed by atoms with Crippen LogP contribution in [0.2, 0.25) is 0 Å². The predicted molar refractivity (Wildman–Crippen MR) is 69.8 cm³/mol. The molecular weight excluding hydrogens is 230 g/mol. The molecule has 3 rings (SSSR count). The molecule has 0 fully saturated rings. The zero-order valence-corrected chi connectivity index (χ0v) is 9.33. The van der Waals surface area contributed by atoms with Gasteiger partial charge in [-0.2, -0.15) is 0 Å². The van der Waals surface area contributed by atoms with Gasteiger partial charge in [0.2, 0.25) is 0 Å². The molecule has 3 aromatic rings. The highest BCUT2D eigenvalue weighted by atomic mass is 16.6. The van der Waals surface area contributed by atoms with E-state index in [-0.39, 0.29) is 16.4 Å². The van der Waals surface area contributed by atoms with Gasteiger partial charge in [-0.1, -0.05) is 24.3 Å². The number of nitrogens with zero attached hydrogens (tertiary/aromatic N) is 1. The second-order valence-electron chi connectivity index (χ2n) is 4.10. The van der Waals surface area contributed by atoms with Crippen LogP contribution in [0.3, 0.4) is 0 Å². The molecule has 0 aromatic heterocycles. The smallest absolute Gasteiger partial charge is 0.277 e. The van der Waals surface area contributed by atoms with Crippen LogP contribution >= 0.6 is 0 Å². The van der Waals surface area contributed by atoms with E-state index in [1.807, 2.05) is 18.2 Å². The van der Waals surface area contributed by atoms with Gasteiger partial charge in [-0.25, -0.2) is 0 Å². The lowest BCUT2D eigenvalue weighted by molar-refractivity contribution is -0.383. The molecule has 0 atom stereocenters. The Morgan fingerprint density at radius 1 is 1.00 bits per heavy atom. The van der Waals surface area contributed by atoms with E-state index < -0.39 is 0 Å². The first-order valence-corrected chi connectivity index (χ1v) is 5.46. The maximum Gasteiger partial charge on any atom is 0.277 e. The number of benzene rings is 3. The van der Waals surface area contributed by atoms with Gasteiger partial charge >= 0.3 is 0 Å². The third-order valence-electron chi connectivity index (χ3n) is 3.02. The van der Waals surface area contributed by atoms with Gasteiger partial charge in [0, 0.05) is 6.07 Å². The van der Waals surface area contributed by atoms with Crippen molar-refractivity contribution in [3.05, 3.63) is 58.6 Å². The van der Waals surface area contributed by atoms with Gasteiger partial charge in [0.05, 0.1) is 10.3 Å². The van der Waals surface area contributed by atoms with Gasteiger partial charge in [0.15, 0.2) is 0 Å². The number of nitro groups is 1. The van der Waals surface area contributed by atoms with Crippen LogP contribution in [0, 0.1) is 10.1 Å². The van der Waals surface area contributed by atoms with Crippen LogP contribution < -0.4 is 0 Å². The fourth-order valence-corrected chi connectivity index (χ4v) is 2.24. The van der Waals surface area contributed by atoms with Gasteiger partial charge in [0.1, 0.15) is 5.75 Å². The van der Waals surface area contributed by atoms with E-state index in [0.29, 0.717) is 5.39 Å². The van der Waals surface area contributed by atoms with Crippen LogP contribution in [0.1, 0.15) is 0 Å². The zero-order valence-electron chi connectivity index (χ0n) is 9.33. The first-order chi connectivity index (χ1) is 8.66. The molecule has 0 unspecified atom stereocenters. The van der Waals surface area contributed by atoms with E-state index in [1.54, 1.807) is 24.3 Å². The second kappa shape index (κ2) is 3.70. The number of phenols is 1. The molecule has 0 saturated carbocycles. The summed E-state index contributed by atoms with van der Waals surface area (Å²) in [4.78, 5) is 10.7. The summed E-state index contributed by atoms with van der Waals surface area (Å²) < 4.78 is 0. The second-order valence-corrected chi connectivity index (χ2v) is 4.10. The lowest BCUT2D eigenvalue weighted by Gasteiger charge is -2.05. The van der Waals surface area contributed by atoms with Crippen molar-refractivity contribution in [2.75, 3.05) is 0 Å². The molecule has 0 spiro atoms. The Kier molecular flexibility index (Phi) is 2.16. The lowest BCUT2D eigenvalue weighted by Crippen LogP contribution is -1.90. The van der Waals surface area contributed by atoms with E-state index in [2.05, 4.69) is 0 Å². The third-order valence-corrected chi connectivity index (χ3v) is 3.02. The highest BCUT2D eigenvalue weighted by Crippen LogP contribution is 2.33. The first kappa shape index (κ1) is 10.5. The van der Waals surface area contributed by atoms with E-state index in [4.69, 9.17) is 0 Å². The Bertz CT molecular complexity index is 780. The summed E-state index contributed by atoms with van der Waals surface area (Å²) in [5.41, 5.74) is 0.0868. The molecule has 0 aliphatic heterocycles. The Hall–Kier alpha value is -2.62. The molecule has 0 aliphatic rings. The van der Waals surface area contributed by atoms with E-state index in [1.165, 1.54) is 6.07 Å². The molecule has 0 saturated heterocycles. The average molecular weight is 239 g/mol. The Balaban J connectivity index is 2.55. The first-order valence-electron chi connectivity index (χ1n) is 5.46. The molecule has 0 heterocycles. The van der Waals surface area contributed by atoms with Crippen molar-refractivity contribution in [3.63, 3.8) is 0 Å². The fourth-order valence-electron chi connectivity index (χ4n) is 2.24. The molecule has 88 valence electrons. The monoisotopic (exact) mass is 239 g/mol. The summed E-state index contributed by atoms with van der Waals surface area (Å²) in [6.45, 7) is 0. The number of hydrogen-bond donors (Lipinski definition) is 1. The van der Waals surface area contributed by atoms with Gasteiger partial charge < -0.3 is 5.11 Å². The normalized spacial score (nSPS) is 10.9. The van der Waals surface area contributed by atoms with E-state index in [0.717, 1.165) is 16.2 Å². The van der Waals surface area contributed by atoms with Crippen molar-refractivity contribution in [3.8, 4) is 5.75 Å². The summed E-state index contributed by atoms with van der Waals surface area (Å²) in [6, 6.07) is 13.5. The summed E-state index contributed by atoms with van der Waals surface area (Å²) in [6.07, 6.45) is 0. The minimum Gasteiger partial charge on any atom is -0.508 e. The Morgan fingerprint density at radius 2 is 1.78 bits per heavy atom. The Morgan fingerprint density at radius 3 is 2.56 bits per heavy atom. The highest BCUT2D eigenvalue weighted by Gasteiger charge is 2.13. The maximum atomic E-state index is 11.1. The highest BCUT2D eigenvalue weighted by molar-refractivity contribution is 6.12. The SMILES string of the molecule is O=[N+]([O-])c1cccc2ccc3cc(O)ccc3c12. The van der Waals surface area contributed by atoms with Gasteiger partial charge in [0.25, 0.3) is 5.69 Å². The number of aromatic hydroxyl groups is 1. The van der Waals surface area contributed by atoms with Crippen LogP contribution in [0.15, 0.2) is 48.5 Å². The van der Waals surface area contributed by atoms with Crippen LogP contribution in [0.5, 0.6) is 5.75 Å². The quantitative estimate of drug-likeness (QED) is 0.401. The molecule has 0 bridgehead atoms. The molecule has 1 N–H and O–H groups in total. The lowest BCUT2D eigenvalue weighted by atomic mass is 10.0. The molecule has 3 aromatic carbocycles. The number of fused-ring (bicyclic) bond motifs is 3. The molecule has 4 heteroatoms. The molecule has 18 heavy (non-hydrogen) atoms. The van der Waals surface area contributed by atoms with Crippen molar-refractivity contribution < 1.29 is 10.0 Å². The number of non-ortho nitro benzene ring substituents is 1. The molecular formula is C14H9NO3. The topological polar surface area (TPSA) is 63.4 Å². The third kappa shape index (κ3) is 1.47. The molecule has 0 aliphatic carbocycles. The van der Waals surface area contributed by atoms with Crippen LogP contribution in [-0.2, 0) is 0 Å². The summed E-state index contributed by atoms with van der Waals surface area (Å²) in [5, 5.41) is 23.5. The van der Waals surface area contributed by atoms with Crippen LogP contribution in [-0.4, -0.2) is 10.0 Å². The number of phenolic OH excluding ortho intramolecular Hbond substituents is 1. The molecule has 0 radical (unpaired) electrons. The largest absolute Gasteiger partial charge is 0.508 e. The summed E-state index contributed by atoms with van der Waals surface area (Å²) in [7, 11) is 0. The zero-order chi connectivity index (χ0) is 12.7. The summed E-state index contributed by atoms with van der Waals surface area (Å²) >= 11 is 0. The Labute approximate surface area is 102 Å². The van der Waals surface area contributed by atoms with E-state index in [9.17, 15) is 15.2 Å². The van der Waals surface area contributed by atoms with Crippen molar-refractivity contribution in [2.24, 2.45) is 0 Å². The fraction of sp³-hybridized carbons (Fsp3) is 0. The van der Waals surface area contributed by atoms with Gasteiger partial charge in [-0.3, -0.25) is 10.1 Å². The van der Waals surface area contributed by atoms with Crippen molar-refractivity contribution in [2.45, 2.75) is 0 Å². The van der Waals surface area contributed by atoms with Crippen molar-refractivity contribution in [1.82, 2.24) is 0 Å². The number of nitro benzene ring substituents is 1. The van der Waals surface area contributed by atoms with Gasteiger partial charge in [-0.15, -0.1) is 0 Å². The van der Waals surface area contributed by atoms with Crippen molar-refractivity contribution in [1.29, 1.82) is 0 Å². The summed E-state index contributed by atoms with van der Waals surface area (Å²) in [5.74, 6) is 0.153. The average Bonchev–Trinajstić information content (AvgIpc) is 2.37. The molecule has 4 nitrogen and oxygen atoms in total. The van der Waals surface area contributed by atoms with E-state index >= 15 is 0 Å². The van der Waals surface area contributed by atoms with Crippen LogP contribution in [0.4, 0.5) is 5.69 Å². The minimum absolute atomic E-state index is 0.0868. The number of rotatable bonds is 1. The number of hydrogen-bond acceptors (Lipinski definition) is 3. The predicted octanol–water partition coefficient (Wildman–Crippen LogP) is 3.61. The van der Waals surface area contributed by atoms with Gasteiger partial charge in [-0.05, 0) is 34.4 Å². The molecule has 0 amide bonds. The standard InChI is InChI=1S/C14H9NO3/c16-11-6-7-12-10(8-11)5-4-9-2-1-3-13(14(9)12)15(17)18/h1-8,16H.